The Morgan fingerprint density at radius 3 is 2.95 bits per heavy atom. The summed E-state index contributed by atoms with van der Waals surface area (Å²) in [6.45, 7) is 1.55. The van der Waals surface area contributed by atoms with Crippen LogP contribution in [0.4, 0.5) is 0 Å². The zero-order valence-electron chi connectivity index (χ0n) is 11.2. The highest BCUT2D eigenvalue weighted by Crippen LogP contribution is 2.27. The number of hydrogen-bond donors (Lipinski definition) is 1. The molecule has 0 saturated carbocycles. The predicted octanol–water partition coefficient (Wildman–Crippen LogP) is 0.955. The lowest BCUT2D eigenvalue weighted by molar-refractivity contribution is 0.187. The van der Waals surface area contributed by atoms with E-state index in [1.54, 1.807) is 18.5 Å². The lowest BCUT2D eigenvalue weighted by Crippen LogP contribution is -2.47. The first-order valence-electron chi connectivity index (χ1n) is 6.30. The van der Waals surface area contributed by atoms with Gasteiger partial charge in [-0.25, -0.2) is 8.42 Å². The fourth-order valence-electron chi connectivity index (χ4n) is 2.46. The molecule has 1 aliphatic heterocycles. The highest BCUT2D eigenvalue weighted by molar-refractivity contribution is 7.89. The molecule has 0 radical (unpaired) electrons. The summed E-state index contributed by atoms with van der Waals surface area (Å²) in [5.74, 6) is 0. The van der Waals surface area contributed by atoms with Gasteiger partial charge < -0.3 is 10.0 Å². The Morgan fingerprint density at radius 1 is 1.58 bits per heavy atom. The minimum atomic E-state index is -3.50. The Hall–Kier alpha value is -0.470. The van der Waals surface area contributed by atoms with E-state index >= 15 is 0 Å². The van der Waals surface area contributed by atoms with Gasteiger partial charge in [0.1, 0.15) is 0 Å². The quantitative estimate of drug-likeness (QED) is 0.900. The second-order valence-corrected chi connectivity index (χ2v) is 7.91. The zero-order valence-corrected chi connectivity index (χ0v) is 12.9. The summed E-state index contributed by atoms with van der Waals surface area (Å²) < 4.78 is 26.6. The third-order valence-electron chi connectivity index (χ3n) is 3.62. The number of thiophene rings is 1. The first kappa shape index (κ1) is 14.9. The molecule has 19 heavy (non-hydrogen) atoms. The zero-order chi connectivity index (χ0) is 14.0. The molecule has 108 valence electrons. The summed E-state index contributed by atoms with van der Waals surface area (Å²) in [5, 5.41) is 10.9. The van der Waals surface area contributed by atoms with Gasteiger partial charge in [0.25, 0.3) is 0 Å². The maximum Gasteiger partial charge on any atom is 0.244 e. The van der Waals surface area contributed by atoms with Crippen LogP contribution >= 0.6 is 11.3 Å². The lowest BCUT2D eigenvalue weighted by Gasteiger charge is -2.35. The smallest absolute Gasteiger partial charge is 0.244 e. The number of rotatable bonds is 4. The monoisotopic (exact) mass is 304 g/mol. The van der Waals surface area contributed by atoms with Crippen LogP contribution in [0.25, 0.3) is 0 Å². The second-order valence-electron chi connectivity index (χ2n) is 4.95. The average Bonchev–Trinajstić information content (AvgIpc) is 2.86. The standard InChI is InChI=1S/C12H20N2O3S2/c1-13-6-3-4-10(8-13)14(2)19(16,17)12-5-7-18-11(12)9-15/h5,7,10,15H,3-4,6,8-9H2,1-2H3. The van der Waals surface area contributed by atoms with Crippen LogP contribution in [0.5, 0.6) is 0 Å². The number of likely N-dealkylation sites (N-methyl/N-ethyl adjacent to an activating group) is 2. The SMILES string of the molecule is CN1CCCC(N(C)S(=O)(=O)c2ccsc2CO)C1. The number of aliphatic hydroxyl groups excluding tert-OH is 1. The van der Waals surface area contributed by atoms with E-state index in [1.807, 2.05) is 7.05 Å². The van der Waals surface area contributed by atoms with Crippen LogP contribution in [-0.4, -0.2) is 56.0 Å². The van der Waals surface area contributed by atoms with E-state index in [4.69, 9.17) is 0 Å². The lowest BCUT2D eigenvalue weighted by atomic mass is 10.1. The van der Waals surface area contributed by atoms with Crippen LogP contribution in [-0.2, 0) is 16.6 Å². The Kier molecular flexibility index (Phi) is 4.62. The minimum Gasteiger partial charge on any atom is -0.391 e. The van der Waals surface area contributed by atoms with Gasteiger partial charge in [-0.2, -0.15) is 4.31 Å². The van der Waals surface area contributed by atoms with Gasteiger partial charge in [-0.1, -0.05) is 0 Å². The van der Waals surface area contributed by atoms with Crippen molar-refractivity contribution < 1.29 is 13.5 Å². The summed E-state index contributed by atoms with van der Waals surface area (Å²) >= 11 is 1.27. The van der Waals surface area contributed by atoms with E-state index in [0.717, 1.165) is 25.9 Å². The molecule has 1 aliphatic rings. The Balaban J connectivity index is 2.24. The first-order valence-corrected chi connectivity index (χ1v) is 8.62. The molecule has 0 bridgehead atoms. The third-order valence-corrected chi connectivity index (χ3v) is 6.65. The van der Waals surface area contributed by atoms with E-state index in [1.165, 1.54) is 15.6 Å². The van der Waals surface area contributed by atoms with E-state index < -0.39 is 10.0 Å². The van der Waals surface area contributed by atoms with Crippen LogP contribution in [0.15, 0.2) is 16.3 Å². The summed E-state index contributed by atoms with van der Waals surface area (Å²) in [6, 6.07) is 1.59. The number of aliphatic hydroxyl groups is 1. The molecule has 1 aromatic heterocycles. The van der Waals surface area contributed by atoms with Crippen molar-refractivity contribution in [2.24, 2.45) is 0 Å². The molecule has 2 rings (SSSR count). The molecule has 0 aromatic carbocycles. The van der Waals surface area contributed by atoms with Gasteiger partial charge in [0.15, 0.2) is 0 Å². The number of hydrogen-bond acceptors (Lipinski definition) is 5. The van der Waals surface area contributed by atoms with Crippen molar-refractivity contribution in [2.45, 2.75) is 30.4 Å². The van der Waals surface area contributed by atoms with Crippen molar-refractivity contribution in [1.82, 2.24) is 9.21 Å². The number of piperidine rings is 1. The van der Waals surface area contributed by atoms with Gasteiger partial charge in [0.05, 0.1) is 11.5 Å². The predicted molar refractivity (Wildman–Crippen MR) is 75.7 cm³/mol. The van der Waals surface area contributed by atoms with Crippen molar-refractivity contribution in [2.75, 3.05) is 27.2 Å². The maximum atomic E-state index is 12.6. The van der Waals surface area contributed by atoms with Crippen molar-refractivity contribution in [3.63, 3.8) is 0 Å². The fraction of sp³-hybridized carbons (Fsp3) is 0.667. The van der Waals surface area contributed by atoms with Crippen molar-refractivity contribution in [3.05, 3.63) is 16.3 Å². The van der Waals surface area contributed by atoms with Gasteiger partial charge >= 0.3 is 0 Å². The molecule has 1 N–H and O–H groups in total. The fourth-order valence-corrected chi connectivity index (χ4v) is 5.10. The molecule has 2 heterocycles. The summed E-state index contributed by atoms with van der Waals surface area (Å²) in [4.78, 5) is 2.91. The van der Waals surface area contributed by atoms with Crippen LogP contribution in [0.1, 0.15) is 17.7 Å². The Bertz CT molecular complexity index is 527. The molecule has 1 aromatic rings. The van der Waals surface area contributed by atoms with E-state index in [9.17, 15) is 13.5 Å². The van der Waals surface area contributed by atoms with Crippen LogP contribution in [0.2, 0.25) is 0 Å². The summed E-state index contributed by atoms with van der Waals surface area (Å²) in [5.41, 5.74) is 0. The van der Waals surface area contributed by atoms with Gasteiger partial charge in [-0.05, 0) is 37.9 Å². The van der Waals surface area contributed by atoms with E-state index in [-0.39, 0.29) is 17.5 Å². The number of likely N-dealkylation sites (tertiary alicyclic amines) is 1. The molecule has 1 fully saturated rings. The molecule has 5 nitrogen and oxygen atoms in total. The minimum absolute atomic E-state index is 0.00944. The van der Waals surface area contributed by atoms with Gasteiger partial charge in [-0.15, -0.1) is 11.3 Å². The normalized spacial score (nSPS) is 22.0. The van der Waals surface area contributed by atoms with Gasteiger partial charge in [0, 0.05) is 24.5 Å². The highest BCUT2D eigenvalue weighted by Gasteiger charge is 2.32. The van der Waals surface area contributed by atoms with E-state index in [0.29, 0.717) is 4.88 Å². The van der Waals surface area contributed by atoms with E-state index in [2.05, 4.69) is 4.90 Å². The third kappa shape index (κ3) is 3.00. The molecular weight excluding hydrogens is 284 g/mol. The molecule has 0 amide bonds. The van der Waals surface area contributed by atoms with Crippen molar-refractivity contribution >= 4 is 21.4 Å². The van der Waals surface area contributed by atoms with Crippen LogP contribution in [0.3, 0.4) is 0 Å². The topological polar surface area (TPSA) is 60.9 Å². The average molecular weight is 304 g/mol. The van der Waals surface area contributed by atoms with Crippen LogP contribution < -0.4 is 0 Å². The van der Waals surface area contributed by atoms with Gasteiger partial charge in [0.2, 0.25) is 10.0 Å². The maximum absolute atomic E-state index is 12.6. The molecule has 0 aliphatic carbocycles. The van der Waals surface area contributed by atoms with Crippen molar-refractivity contribution in [3.8, 4) is 0 Å². The number of sulfonamides is 1. The number of nitrogens with zero attached hydrogens (tertiary/aromatic N) is 2. The summed E-state index contributed by atoms with van der Waals surface area (Å²) in [7, 11) is 0.143. The molecular formula is C12H20N2O3S2. The largest absolute Gasteiger partial charge is 0.391 e. The second kappa shape index (κ2) is 5.88. The molecule has 0 spiro atoms. The van der Waals surface area contributed by atoms with Crippen LogP contribution in [0, 0.1) is 0 Å². The van der Waals surface area contributed by atoms with Gasteiger partial charge in [-0.3, -0.25) is 0 Å². The molecule has 1 saturated heterocycles. The summed E-state index contributed by atoms with van der Waals surface area (Å²) in [6.07, 6.45) is 1.90. The molecule has 1 atom stereocenters. The van der Waals surface area contributed by atoms with Crippen molar-refractivity contribution in [1.29, 1.82) is 0 Å². The Labute approximate surface area is 118 Å². The highest BCUT2D eigenvalue weighted by atomic mass is 32.2. The Morgan fingerprint density at radius 2 is 2.32 bits per heavy atom. The molecule has 7 heteroatoms. The molecule has 1 unspecified atom stereocenters. The first-order chi connectivity index (χ1) is 8.96.